The van der Waals surface area contributed by atoms with E-state index < -0.39 is 5.54 Å². The lowest BCUT2D eigenvalue weighted by Crippen LogP contribution is -2.58. The number of esters is 1. The van der Waals surface area contributed by atoms with Gasteiger partial charge in [0.05, 0.1) is 6.61 Å². The van der Waals surface area contributed by atoms with Crippen LogP contribution in [0.5, 0.6) is 0 Å². The van der Waals surface area contributed by atoms with Crippen molar-refractivity contribution in [3.63, 3.8) is 0 Å². The molecule has 0 aliphatic heterocycles. The van der Waals surface area contributed by atoms with E-state index in [4.69, 9.17) is 9.84 Å². The molecule has 0 aromatic carbocycles. The molecule has 2 aliphatic rings. The highest BCUT2D eigenvalue weighted by atomic mass is 32.2. The fourth-order valence-corrected chi connectivity index (χ4v) is 3.63. The second kappa shape index (κ2) is 6.95. The van der Waals surface area contributed by atoms with Crippen molar-refractivity contribution < 1.29 is 14.6 Å². The molecular formula is C14H25NO3S. The Morgan fingerprint density at radius 3 is 2.68 bits per heavy atom. The zero-order valence-electron chi connectivity index (χ0n) is 11.7. The van der Waals surface area contributed by atoms with E-state index in [-0.39, 0.29) is 12.6 Å². The zero-order chi connectivity index (χ0) is 13.7. The Morgan fingerprint density at radius 2 is 2.16 bits per heavy atom. The van der Waals surface area contributed by atoms with Crippen LogP contribution < -0.4 is 5.32 Å². The lowest BCUT2D eigenvalue weighted by molar-refractivity contribution is -0.151. The van der Waals surface area contributed by atoms with Crippen LogP contribution >= 0.6 is 11.8 Å². The first-order valence-electron chi connectivity index (χ1n) is 7.36. The number of nitrogens with one attached hydrogen (secondary N) is 1. The number of ether oxygens (including phenoxy) is 1. The van der Waals surface area contributed by atoms with Gasteiger partial charge >= 0.3 is 5.97 Å². The van der Waals surface area contributed by atoms with Crippen molar-refractivity contribution in [3.8, 4) is 0 Å². The molecule has 0 amide bonds. The lowest BCUT2D eigenvalue weighted by atomic mass is 9.95. The molecule has 4 nitrogen and oxygen atoms in total. The van der Waals surface area contributed by atoms with Gasteiger partial charge in [-0.1, -0.05) is 0 Å². The Labute approximate surface area is 119 Å². The van der Waals surface area contributed by atoms with E-state index >= 15 is 0 Å². The minimum absolute atomic E-state index is 0.0686. The van der Waals surface area contributed by atoms with Crippen LogP contribution in [0.15, 0.2) is 0 Å². The van der Waals surface area contributed by atoms with E-state index in [1.165, 1.54) is 12.8 Å². The molecule has 1 atom stereocenters. The van der Waals surface area contributed by atoms with Crippen LogP contribution in [0.25, 0.3) is 0 Å². The molecule has 0 saturated heterocycles. The molecule has 2 aliphatic carbocycles. The van der Waals surface area contributed by atoms with Gasteiger partial charge in [0, 0.05) is 18.4 Å². The molecule has 0 heterocycles. The van der Waals surface area contributed by atoms with Gasteiger partial charge < -0.3 is 9.84 Å². The van der Waals surface area contributed by atoms with E-state index in [1.807, 2.05) is 6.92 Å². The fourth-order valence-electron chi connectivity index (χ4n) is 2.39. The minimum atomic E-state index is -0.475. The Hall–Kier alpha value is -0.260. The van der Waals surface area contributed by atoms with Gasteiger partial charge in [-0.2, -0.15) is 11.8 Å². The summed E-state index contributed by atoms with van der Waals surface area (Å²) in [6.45, 7) is 2.53. The Balaban J connectivity index is 1.97. The highest BCUT2D eigenvalue weighted by molar-refractivity contribution is 7.99. The second-order valence-corrected chi connectivity index (χ2v) is 6.62. The van der Waals surface area contributed by atoms with Crippen molar-refractivity contribution in [2.75, 3.05) is 24.7 Å². The largest absolute Gasteiger partial charge is 0.465 e. The number of hydrogen-bond donors (Lipinski definition) is 2. The van der Waals surface area contributed by atoms with Gasteiger partial charge in [0.2, 0.25) is 0 Å². The van der Waals surface area contributed by atoms with Crippen LogP contribution in [-0.4, -0.2) is 47.4 Å². The molecule has 0 aromatic rings. The number of thioether (sulfide) groups is 1. The van der Waals surface area contributed by atoms with Crippen molar-refractivity contribution in [1.29, 1.82) is 0 Å². The summed E-state index contributed by atoms with van der Waals surface area (Å²) >= 11 is 1.75. The normalized spacial score (nSPS) is 22.0. The van der Waals surface area contributed by atoms with Crippen molar-refractivity contribution in [2.45, 2.75) is 50.6 Å². The van der Waals surface area contributed by atoms with Crippen LogP contribution in [0.2, 0.25) is 0 Å². The monoisotopic (exact) mass is 287 g/mol. The van der Waals surface area contributed by atoms with E-state index in [0.717, 1.165) is 30.8 Å². The predicted molar refractivity (Wildman–Crippen MR) is 77.3 cm³/mol. The molecule has 0 spiro atoms. The van der Waals surface area contributed by atoms with Crippen molar-refractivity contribution >= 4 is 17.7 Å². The summed E-state index contributed by atoms with van der Waals surface area (Å²) in [7, 11) is 0. The lowest BCUT2D eigenvalue weighted by Gasteiger charge is -2.32. The highest BCUT2D eigenvalue weighted by Gasteiger charge is 2.53. The van der Waals surface area contributed by atoms with Gasteiger partial charge in [-0.15, -0.1) is 0 Å². The summed E-state index contributed by atoms with van der Waals surface area (Å²) in [5.41, 5.74) is -0.475. The maximum Gasteiger partial charge on any atom is 0.327 e. The smallest absolute Gasteiger partial charge is 0.327 e. The van der Waals surface area contributed by atoms with Crippen LogP contribution in [0.3, 0.4) is 0 Å². The topological polar surface area (TPSA) is 58.6 Å². The highest BCUT2D eigenvalue weighted by Crippen LogP contribution is 2.44. The number of hydrogen-bond acceptors (Lipinski definition) is 5. The molecular weight excluding hydrogens is 262 g/mol. The van der Waals surface area contributed by atoms with Crippen molar-refractivity contribution in [2.24, 2.45) is 5.92 Å². The molecule has 19 heavy (non-hydrogen) atoms. The predicted octanol–water partition coefficient (Wildman–Crippen LogP) is 1.57. The van der Waals surface area contributed by atoms with Crippen LogP contribution in [0.4, 0.5) is 0 Å². The molecule has 0 radical (unpaired) electrons. The molecule has 110 valence electrons. The standard InChI is InChI=1S/C14H25NO3S/c1-2-18-13(17)14(11-4-5-11,15-12-6-7-12)10-19-9-3-8-16/h11-12,15-16H,2-10H2,1H3. The second-order valence-electron chi connectivity index (χ2n) is 5.51. The van der Waals surface area contributed by atoms with E-state index in [1.54, 1.807) is 11.8 Å². The molecule has 2 rings (SSSR count). The van der Waals surface area contributed by atoms with Gasteiger partial charge in [0.25, 0.3) is 0 Å². The number of carbonyl (C=O) groups is 1. The fraction of sp³-hybridized carbons (Fsp3) is 0.929. The summed E-state index contributed by atoms with van der Waals surface area (Å²) in [6, 6.07) is 0.503. The number of aliphatic hydroxyl groups excluding tert-OH is 1. The van der Waals surface area contributed by atoms with Crippen molar-refractivity contribution in [1.82, 2.24) is 5.32 Å². The van der Waals surface area contributed by atoms with Gasteiger partial charge in [-0.25, -0.2) is 0 Å². The first kappa shape index (κ1) is 15.1. The maximum absolute atomic E-state index is 12.4. The third-order valence-electron chi connectivity index (χ3n) is 3.73. The molecule has 2 fully saturated rings. The summed E-state index contributed by atoms with van der Waals surface area (Å²) < 4.78 is 5.33. The number of carbonyl (C=O) groups excluding carboxylic acids is 1. The van der Waals surface area contributed by atoms with Gasteiger partial charge in [0.15, 0.2) is 0 Å². The van der Waals surface area contributed by atoms with E-state index in [0.29, 0.717) is 18.6 Å². The van der Waals surface area contributed by atoms with Crippen LogP contribution in [-0.2, 0) is 9.53 Å². The number of aliphatic hydroxyl groups is 1. The molecule has 5 heteroatoms. The quantitative estimate of drug-likeness (QED) is 0.472. The molecule has 2 saturated carbocycles. The molecule has 2 N–H and O–H groups in total. The SMILES string of the molecule is CCOC(=O)C(CSCCCO)(NC1CC1)C1CC1. The van der Waals surface area contributed by atoms with Gasteiger partial charge in [0.1, 0.15) is 5.54 Å². The van der Waals surface area contributed by atoms with Crippen LogP contribution in [0, 0.1) is 5.92 Å². The van der Waals surface area contributed by atoms with Gasteiger partial charge in [-0.3, -0.25) is 10.1 Å². The van der Waals surface area contributed by atoms with Crippen molar-refractivity contribution in [3.05, 3.63) is 0 Å². The summed E-state index contributed by atoms with van der Waals surface area (Å²) in [5, 5.41) is 12.4. The summed E-state index contributed by atoms with van der Waals surface area (Å²) in [6.07, 6.45) is 5.39. The maximum atomic E-state index is 12.4. The Kier molecular flexibility index (Phi) is 5.54. The molecule has 1 unspecified atom stereocenters. The average molecular weight is 287 g/mol. The number of rotatable bonds is 10. The molecule has 0 aromatic heterocycles. The minimum Gasteiger partial charge on any atom is -0.465 e. The third-order valence-corrected chi connectivity index (χ3v) is 4.97. The van der Waals surface area contributed by atoms with Crippen LogP contribution in [0.1, 0.15) is 39.0 Å². The summed E-state index contributed by atoms with van der Waals surface area (Å²) in [4.78, 5) is 12.4. The summed E-state index contributed by atoms with van der Waals surface area (Å²) in [5.74, 6) is 2.04. The molecule has 0 bridgehead atoms. The van der Waals surface area contributed by atoms with E-state index in [9.17, 15) is 4.79 Å². The zero-order valence-corrected chi connectivity index (χ0v) is 12.5. The van der Waals surface area contributed by atoms with E-state index in [2.05, 4.69) is 5.32 Å². The van der Waals surface area contributed by atoms with Gasteiger partial charge in [-0.05, 0) is 50.7 Å². The third kappa shape index (κ3) is 4.10. The first-order chi connectivity index (χ1) is 9.23. The average Bonchev–Trinajstić information content (AvgIpc) is 3.26. The Morgan fingerprint density at radius 1 is 1.42 bits per heavy atom. The first-order valence-corrected chi connectivity index (χ1v) is 8.52. The Bertz CT molecular complexity index is 305.